The van der Waals surface area contributed by atoms with Crippen molar-refractivity contribution in [3.8, 4) is 6.07 Å². The molecule has 3 N–H and O–H groups in total. The molecule has 1 aromatic heterocycles. The second-order valence-corrected chi connectivity index (χ2v) is 4.10. The Balaban J connectivity index is 2.25. The lowest BCUT2D eigenvalue weighted by Crippen LogP contribution is -2.26. The molecule has 0 aliphatic carbocycles. The molecule has 2 rings (SSSR count). The summed E-state index contributed by atoms with van der Waals surface area (Å²) < 4.78 is 0. The number of amides is 1. The predicted molar refractivity (Wildman–Crippen MR) is 75.9 cm³/mol. The molecule has 1 aromatic carbocycles. The van der Waals surface area contributed by atoms with Gasteiger partial charge in [-0.1, -0.05) is 6.07 Å². The van der Waals surface area contributed by atoms with Gasteiger partial charge in [-0.15, -0.1) is 0 Å². The zero-order valence-corrected chi connectivity index (χ0v) is 10.9. The molecule has 20 heavy (non-hydrogen) atoms. The average Bonchev–Trinajstić information content (AvgIpc) is 2.53. The molecule has 0 unspecified atom stereocenters. The third-order valence-electron chi connectivity index (χ3n) is 2.83. The lowest BCUT2D eigenvalue weighted by Gasteiger charge is -2.17. The van der Waals surface area contributed by atoms with Crippen molar-refractivity contribution in [3.05, 3.63) is 53.7 Å². The minimum Gasteiger partial charge on any atom is -0.311 e. The molecule has 0 saturated heterocycles. The van der Waals surface area contributed by atoms with Gasteiger partial charge >= 0.3 is 0 Å². The fourth-order valence-corrected chi connectivity index (χ4v) is 1.70. The molecular formula is C14H13N5O. The normalized spacial score (nSPS) is 9.65. The van der Waals surface area contributed by atoms with Gasteiger partial charge in [-0.3, -0.25) is 4.79 Å². The number of hydrazine groups is 1. The Morgan fingerprint density at radius 1 is 1.40 bits per heavy atom. The maximum absolute atomic E-state index is 12.3. The van der Waals surface area contributed by atoms with E-state index in [0.29, 0.717) is 22.6 Å². The molecule has 0 saturated carbocycles. The van der Waals surface area contributed by atoms with E-state index in [1.165, 1.54) is 11.1 Å². The number of nitrogen functional groups attached to an aromatic ring is 1. The minimum absolute atomic E-state index is 0.212. The number of rotatable bonds is 3. The standard InChI is InChI=1S/C14H13N5O/c1-19(12-4-2-3-10(7-12)8-15)14(20)11-5-6-13(18-16)17-9-11/h2-7,9H,16H2,1H3,(H,17,18). The maximum atomic E-state index is 12.3. The van der Waals surface area contributed by atoms with Crippen molar-refractivity contribution in [2.24, 2.45) is 5.84 Å². The smallest absolute Gasteiger partial charge is 0.259 e. The Hall–Kier alpha value is -2.91. The number of nitrogens with zero attached hydrogens (tertiary/aromatic N) is 3. The number of carbonyl (C=O) groups excluding carboxylic acids is 1. The van der Waals surface area contributed by atoms with Crippen LogP contribution in [0, 0.1) is 11.3 Å². The lowest BCUT2D eigenvalue weighted by atomic mass is 10.2. The quantitative estimate of drug-likeness (QED) is 0.649. The van der Waals surface area contributed by atoms with Gasteiger partial charge in [0.05, 0.1) is 17.2 Å². The highest BCUT2D eigenvalue weighted by atomic mass is 16.2. The molecule has 1 heterocycles. The van der Waals surface area contributed by atoms with E-state index in [4.69, 9.17) is 11.1 Å². The summed E-state index contributed by atoms with van der Waals surface area (Å²) in [5.74, 6) is 5.49. The predicted octanol–water partition coefficient (Wildman–Crippen LogP) is 1.52. The van der Waals surface area contributed by atoms with Gasteiger partial charge in [-0.2, -0.15) is 5.26 Å². The topological polar surface area (TPSA) is 95.0 Å². The van der Waals surface area contributed by atoms with Gasteiger partial charge < -0.3 is 10.3 Å². The summed E-state index contributed by atoms with van der Waals surface area (Å²) in [5.41, 5.74) is 3.99. The van der Waals surface area contributed by atoms with E-state index in [0.717, 1.165) is 0 Å². The number of nitrogens with two attached hydrogens (primary N) is 1. The number of nitriles is 1. The van der Waals surface area contributed by atoms with Crippen LogP contribution >= 0.6 is 0 Å². The van der Waals surface area contributed by atoms with Crippen LogP contribution in [0.2, 0.25) is 0 Å². The molecule has 0 fully saturated rings. The van der Waals surface area contributed by atoms with Crippen molar-refractivity contribution < 1.29 is 4.79 Å². The van der Waals surface area contributed by atoms with E-state index in [9.17, 15) is 4.79 Å². The SMILES string of the molecule is CN(C(=O)c1ccc(NN)nc1)c1cccc(C#N)c1. The molecule has 6 nitrogen and oxygen atoms in total. The van der Waals surface area contributed by atoms with Gasteiger partial charge in [0.2, 0.25) is 0 Å². The van der Waals surface area contributed by atoms with Gasteiger partial charge in [-0.25, -0.2) is 10.8 Å². The highest BCUT2D eigenvalue weighted by Crippen LogP contribution is 2.17. The molecule has 1 amide bonds. The summed E-state index contributed by atoms with van der Waals surface area (Å²) in [6.07, 6.45) is 1.45. The van der Waals surface area contributed by atoms with E-state index in [2.05, 4.69) is 10.4 Å². The lowest BCUT2D eigenvalue weighted by molar-refractivity contribution is 0.0992. The number of hydrogen-bond donors (Lipinski definition) is 2. The maximum Gasteiger partial charge on any atom is 0.259 e. The van der Waals surface area contributed by atoms with Crippen LogP contribution in [-0.2, 0) is 0 Å². The number of nitrogens with one attached hydrogen (secondary N) is 1. The van der Waals surface area contributed by atoms with Crippen LogP contribution in [0.4, 0.5) is 11.5 Å². The second-order valence-electron chi connectivity index (χ2n) is 4.10. The number of aromatic nitrogens is 1. The molecule has 0 aliphatic heterocycles. The molecule has 0 radical (unpaired) electrons. The minimum atomic E-state index is -0.212. The van der Waals surface area contributed by atoms with Crippen molar-refractivity contribution in [1.29, 1.82) is 5.26 Å². The second kappa shape index (κ2) is 5.82. The van der Waals surface area contributed by atoms with Crippen LogP contribution < -0.4 is 16.2 Å². The highest BCUT2D eigenvalue weighted by molar-refractivity contribution is 6.05. The fraction of sp³-hybridized carbons (Fsp3) is 0.0714. The zero-order valence-electron chi connectivity index (χ0n) is 10.9. The Kier molecular flexibility index (Phi) is 3.93. The van der Waals surface area contributed by atoms with Crippen molar-refractivity contribution >= 4 is 17.4 Å². The average molecular weight is 267 g/mol. The first kappa shape index (κ1) is 13.5. The summed E-state index contributed by atoms with van der Waals surface area (Å²) in [4.78, 5) is 17.8. The van der Waals surface area contributed by atoms with Gasteiger partial charge in [-0.05, 0) is 30.3 Å². The number of hydrogen-bond acceptors (Lipinski definition) is 5. The molecule has 6 heteroatoms. The Morgan fingerprint density at radius 3 is 2.80 bits per heavy atom. The molecule has 0 bridgehead atoms. The van der Waals surface area contributed by atoms with Gasteiger partial charge in [0, 0.05) is 18.9 Å². The largest absolute Gasteiger partial charge is 0.311 e. The van der Waals surface area contributed by atoms with Crippen LogP contribution in [0.1, 0.15) is 15.9 Å². The monoisotopic (exact) mass is 267 g/mol. The molecule has 0 atom stereocenters. The fourth-order valence-electron chi connectivity index (χ4n) is 1.70. The first-order valence-corrected chi connectivity index (χ1v) is 5.86. The number of pyridine rings is 1. The van der Waals surface area contributed by atoms with Gasteiger partial charge in [0.15, 0.2) is 0 Å². The zero-order chi connectivity index (χ0) is 14.5. The third-order valence-corrected chi connectivity index (χ3v) is 2.83. The van der Waals surface area contributed by atoms with E-state index in [1.807, 2.05) is 6.07 Å². The van der Waals surface area contributed by atoms with Crippen LogP contribution in [0.5, 0.6) is 0 Å². The summed E-state index contributed by atoms with van der Waals surface area (Å²) in [5, 5.41) is 8.87. The van der Waals surface area contributed by atoms with E-state index >= 15 is 0 Å². The molecule has 2 aromatic rings. The van der Waals surface area contributed by atoms with Crippen molar-refractivity contribution in [1.82, 2.24) is 4.98 Å². The summed E-state index contributed by atoms with van der Waals surface area (Å²) in [7, 11) is 1.65. The van der Waals surface area contributed by atoms with Crippen molar-refractivity contribution in [3.63, 3.8) is 0 Å². The Morgan fingerprint density at radius 2 is 2.20 bits per heavy atom. The van der Waals surface area contributed by atoms with Crippen LogP contribution in [-0.4, -0.2) is 17.9 Å². The summed E-state index contributed by atoms with van der Waals surface area (Å²) >= 11 is 0. The molecular weight excluding hydrogens is 254 g/mol. The van der Waals surface area contributed by atoms with Gasteiger partial charge in [0.1, 0.15) is 5.82 Å². The first-order valence-electron chi connectivity index (χ1n) is 5.86. The van der Waals surface area contributed by atoms with E-state index < -0.39 is 0 Å². The number of benzene rings is 1. The molecule has 100 valence electrons. The van der Waals surface area contributed by atoms with Crippen LogP contribution in [0.25, 0.3) is 0 Å². The first-order chi connectivity index (χ1) is 9.65. The number of anilines is 2. The van der Waals surface area contributed by atoms with Gasteiger partial charge in [0.25, 0.3) is 5.91 Å². The highest BCUT2D eigenvalue weighted by Gasteiger charge is 2.14. The Labute approximate surface area is 116 Å². The third kappa shape index (κ3) is 2.74. The van der Waals surface area contributed by atoms with Crippen molar-refractivity contribution in [2.45, 2.75) is 0 Å². The number of carbonyl (C=O) groups is 1. The molecule has 0 spiro atoms. The van der Waals surface area contributed by atoms with E-state index in [1.54, 1.807) is 43.4 Å². The molecule has 0 aliphatic rings. The Bertz CT molecular complexity index is 660. The van der Waals surface area contributed by atoms with Crippen molar-refractivity contribution in [2.75, 3.05) is 17.4 Å². The summed E-state index contributed by atoms with van der Waals surface area (Å²) in [6, 6.07) is 12.1. The van der Waals surface area contributed by atoms with E-state index in [-0.39, 0.29) is 5.91 Å². The van der Waals surface area contributed by atoms with Crippen LogP contribution in [0.3, 0.4) is 0 Å². The summed E-state index contributed by atoms with van der Waals surface area (Å²) in [6.45, 7) is 0. The van der Waals surface area contributed by atoms with Crippen LogP contribution in [0.15, 0.2) is 42.6 Å².